The van der Waals surface area contributed by atoms with Crippen LogP contribution in [0.2, 0.25) is 0 Å². The molecule has 1 atom stereocenters. The zero-order valence-electron chi connectivity index (χ0n) is 18.5. The Labute approximate surface area is 182 Å². The van der Waals surface area contributed by atoms with Crippen molar-refractivity contribution in [1.82, 2.24) is 4.90 Å². The molecule has 0 spiro atoms. The third-order valence-electron chi connectivity index (χ3n) is 6.35. The summed E-state index contributed by atoms with van der Waals surface area (Å²) >= 11 is 0. The molecular formula is C25H29NO5. The van der Waals surface area contributed by atoms with Gasteiger partial charge in [-0.1, -0.05) is 26.7 Å². The number of Topliss-reactive ketones (excluding diaryl/α,β-unsaturated/α-hetero) is 1. The van der Waals surface area contributed by atoms with Crippen LogP contribution >= 0.6 is 0 Å². The molecule has 31 heavy (non-hydrogen) atoms. The summed E-state index contributed by atoms with van der Waals surface area (Å²) in [5, 5.41) is 11.3. The number of amides is 1. The van der Waals surface area contributed by atoms with E-state index in [9.17, 15) is 14.7 Å². The second-order valence-corrected chi connectivity index (χ2v) is 8.70. The second-order valence-electron chi connectivity index (χ2n) is 8.70. The summed E-state index contributed by atoms with van der Waals surface area (Å²) in [7, 11) is 1.60. The molecule has 1 aromatic heterocycles. The molecule has 1 saturated carbocycles. The summed E-state index contributed by atoms with van der Waals surface area (Å²) in [6, 6.07) is 8.17. The maximum atomic E-state index is 13.1. The van der Waals surface area contributed by atoms with Crippen LogP contribution < -0.4 is 4.74 Å². The number of ketones is 1. The largest absolute Gasteiger partial charge is 0.507 e. The van der Waals surface area contributed by atoms with Gasteiger partial charge in [0.05, 0.1) is 12.7 Å². The van der Waals surface area contributed by atoms with Gasteiger partial charge in [0.1, 0.15) is 29.1 Å². The van der Waals surface area contributed by atoms with Crippen molar-refractivity contribution in [1.29, 1.82) is 0 Å². The first-order valence-electron chi connectivity index (χ1n) is 10.9. The first kappa shape index (κ1) is 21.2. The molecule has 2 fully saturated rings. The number of aliphatic hydroxyl groups is 1. The van der Waals surface area contributed by atoms with Gasteiger partial charge in [0.25, 0.3) is 11.7 Å². The summed E-state index contributed by atoms with van der Waals surface area (Å²) in [6.07, 6.45) is 3.74. The Balaban J connectivity index is 1.88. The van der Waals surface area contributed by atoms with Gasteiger partial charge in [0, 0.05) is 11.6 Å². The molecule has 1 N–H and O–H groups in total. The maximum absolute atomic E-state index is 13.1. The minimum atomic E-state index is -0.721. The molecule has 1 aromatic carbocycles. The lowest BCUT2D eigenvalue weighted by Crippen LogP contribution is -2.37. The Morgan fingerprint density at radius 3 is 2.45 bits per heavy atom. The van der Waals surface area contributed by atoms with Crippen LogP contribution in [0.5, 0.6) is 5.75 Å². The summed E-state index contributed by atoms with van der Waals surface area (Å²) in [4.78, 5) is 27.8. The lowest BCUT2D eigenvalue weighted by Gasteiger charge is -2.29. The number of likely N-dealkylation sites (tertiary alicyclic amines) is 1. The van der Waals surface area contributed by atoms with E-state index in [0.717, 1.165) is 37.0 Å². The summed E-state index contributed by atoms with van der Waals surface area (Å²) in [5.41, 5.74) is 1.50. The zero-order chi connectivity index (χ0) is 22.3. The number of nitrogens with zero attached hydrogens (tertiary/aromatic N) is 1. The molecule has 0 bridgehead atoms. The van der Waals surface area contributed by atoms with Crippen LogP contribution in [0.15, 0.2) is 40.3 Å². The first-order valence-corrected chi connectivity index (χ1v) is 10.9. The molecule has 1 aliphatic heterocycles. The van der Waals surface area contributed by atoms with Gasteiger partial charge in [-0.15, -0.1) is 0 Å². The molecule has 1 saturated heterocycles. The third kappa shape index (κ3) is 3.64. The van der Waals surface area contributed by atoms with Crippen molar-refractivity contribution in [2.75, 3.05) is 7.11 Å². The molecule has 4 rings (SSSR count). The van der Waals surface area contributed by atoms with Crippen molar-refractivity contribution in [2.24, 2.45) is 0 Å². The Morgan fingerprint density at radius 1 is 1.16 bits per heavy atom. The summed E-state index contributed by atoms with van der Waals surface area (Å²) in [5.74, 6) is 0.669. The minimum absolute atomic E-state index is 0.0285. The SMILES string of the molecule is COc1ccc(/C(O)=C2/C(=O)C(=O)N(C3CCCC3)C2c2ccc(C)o2)cc1C(C)C. The van der Waals surface area contributed by atoms with Gasteiger partial charge in [0.2, 0.25) is 0 Å². The van der Waals surface area contributed by atoms with Crippen molar-refractivity contribution in [2.45, 2.75) is 64.5 Å². The molecule has 2 aliphatic rings. The van der Waals surface area contributed by atoms with Crippen LogP contribution in [0.4, 0.5) is 0 Å². The number of benzene rings is 1. The minimum Gasteiger partial charge on any atom is -0.507 e. The molecule has 2 heterocycles. The van der Waals surface area contributed by atoms with Gasteiger partial charge in [-0.2, -0.15) is 0 Å². The average Bonchev–Trinajstić information content (AvgIpc) is 3.48. The molecular weight excluding hydrogens is 394 g/mol. The number of hydrogen-bond acceptors (Lipinski definition) is 5. The highest BCUT2D eigenvalue weighted by Crippen LogP contribution is 2.44. The lowest BCUT2D eigenvalue weighted by atomic mass is 9.95. The van der Waals surface area contributed by atoms with Crippen molar-refractivity contribution in [3.63, 3.8) is 0 Å². The number of carbonyl (C=O) groups excluding carboxylic acids is 2. The quantitative estimate of drug-likeness (QED) is 0.412. The molecule has 2 aromatic rings. The van der Waals surface area contributed by atoms with E-state index in [1.807, 2.05) is 32.9 Å². The Hall–Kier alpha value is -3.02. The maximum Gasteiger partial charge on any atom is 0.296 e. The summed E-state index contributed by atoms with van der Waals surface area (Å²) in [6.45, 7) is 5.89. The number of aliphatic hydroxyl groups excluding tert-OH is 1. The smallest absolute Gasteiger partial charge is 0.296 e. The van der Waals surface area contributed by atoms with Crippen LogP contribution in [0.25, 0.3) is 5.76 Å². The van der Waals surface area contributed by atoms with Crippen LogP contribution in [-0.4, -0.2) is 34.8 Å². The molecule has 0 radical (unpaired) electrons. The van der Waals surface area contributed by atoms with Crippen molar-refractivity contribution in [3.05, 3.63) is 58.6 Å². The Bertz CT molecular complexity index is 1040. The normalized spacial score (nSPS) is 21.5. The molecule has 1 amide bonds. The van der Waals surface area contributed by atoms with E-state index >= 15 is 0 Å². The van der Waals surface area contributed by atoms with Crippen LogP contribution in [0.1, 0.15) is 74.1 Å². The van der Waals surface area contributed by atoms with Gasteiger partial charge < -0.3 is 19.2 Å². The van der Waals surface area contributed by atoms with E-state index in [1.165, 1.54) is 0 Å². The number of rotatable bonds is 5. The Morgan fingerprint density at radius 2 is 1.87 bits per heavy atom. The predicted octanol–water partition coefficient (Wildman–Crippen LogP) is 5.08. The standard InChI is InChI=1S/C25H29NO5/c1-14(2)18-13-16(10-12-19(18)30-4)23(27)21-22(20-11-9-15(3)31-20)26(25(29)24(21)28)17-7-5-6-8-17/h9-14,17,22,27H,5-8H2,1-4H3/b23-21-. The Kier molecular flexibility index (Phi) is 5.65. The molecule has 164 valence electrons. The van der Waals surface area contributed by atoms with Gasteiger partial charge >= 0.3 is 0 Å². The third-order valence-corrected chi connectivity index (χ3v) is 6.35. The molecule has 1 unspecified atom stereocenters. The van der Waals surface area contributed by atoms with E-state index in [1.54, 1.807) is 30.2 Å². The number of aryl methyl sites for hydroxylation is 1. The van der Waals surface area contributed by atoms with Gasteiger partial charge in [-0.3, -0.25) is 9.59 Å². The number of methoxy groups -OCH3 is 1. The fraction of sp³-hybridized carbons (Fsp3) is 0.440. The predicted molar refractivity (Wildman–Crippen MR) is 117 cm³/mol. The lowest BCUT2D eigenvalue weighted by molar-refractivity contribution is -0.141. The second kappa shape index (κ2) is 8.25. The zero-order valence-corrected chi connectivity index (χ0v) is 18.5. The van der Waals surface area contributed by atoms with E-state index in [0.29, 0.717) is 17.1 Å². The monoisotopic (exact) mass is 423 g/mol. The van der Waals surface area contributed by atoms with Gasteiger partial charge in [-0.05, 0) is 61.6 Å². The molecule has 6 nitrogen and oxygen atoms in total. The van der Waals surface area contributed by atoms with Gasteiger partial charge in [0.15, 0.2) is 0 Å². The van der Waals surface area contributed by atoms with Gasteiger partial charge in [-0.25, -0.2) is 0 Å². The van der Waals surface area contributed by atoms with E-state index < -0.39 is 17.7 Å². The highest BCUT2D eigenvalue weighted by Gasteiger charge is 2.50. The van der Waals surface area contributed by atoms with Crippen LogP contribution in [0, 0.1) is 6.92 Å². The fourth-order valence-electron chi connectivity index (χ4n) is 4.78. The van der Waals surface area contributed by atoms with Crippen molar-refractivity contribution >= 4 is 17.4 Å². The number of furan rings is 1. The summed E-state index contributed by atoms with van der Waals surface area (Å²) < 4.78 is 11.3. The van der Waals surface area contributed by atoms with Crippen molar-refractivity contribution < 1.29 is 23.8 Å². The number of ether oxygens (including phenoxy) is 1. The van der Waals surface area contributed by atoms with E-state index in [2.05, 4.69) is 0 Å². The fourth-order valence-corrected chi connectivity index (χ4v) is 4.78. The first-order chi connectivity index (χ1) is 14.8. The highest BCUT2D eigenvalue weighted by atomic mass is 16.5. The number of carbonyl (C=O) groups is 2. The highest BCUT2D eigenvalue weighted by molar-refractivity contribution is 6.46. The topological polar surface area (TPSA) is 80.0 Å². The van der Waals surface area contributed by atoms with E-state index in [-0.39, 0.29) is 23.3 Å². The van der Waals surface area contributed by atoms with Crippen LogP contribution in [-0.2, 0) is 9.59 Å². The van der Waals surface area contributed by atoms with E-state index in [4.69, 9.17) is 9.15 Å². The molecule has 1 aliphatic carbocycles. The van der Waals surface area contributed by atoms with Crippen molar-refractivity contribution in [3.8, 4) is 5.75 Å². The van der Waals surface area contributed by atoms with Crippen LogP contribution in [0.3, 0.4) is 0 Å². The average molecular weight is 424 g/mol. The molecule has 6 heteroatoms. The number of hydrogen-bond donors (Lipinski definition) is 1.